The van der Waals surface area contributed by atoms with Gasteiger partial charge in [-0.05, 0) is 18.2 Å². The highest BCUT2D eigenvalue weighted by molar-refractivity contribution is 8.13. The van der Waals surface area contributed by atoms with Crippen molar-refractivity contribution in [1.82, 2.24) is 0 Å². The Morgan fingerprint density at radius 1 is 1.10 bits per heavy atom. The maximum atomic E-state index is 11.5. The standard InChI is InChI=1S/C8H9Cl2NO6S3/c1-18(12,13)5-19(14,15)11-6-2-3-8(7(9)4-6)20(10,16)17/h2-4,11H,5H2,1H3. The highest BCUT2D eigenvalue weighted by Gasteiger charge is 2.20. The van der Waals surface area contributed by atoms with Gasteiger partial charge in [0.1, 0.15) is 4.90 Å². The number of anilines is 1. The molecule has 0 aliphatic heterocycles. The molecule has 1 rings (SSSR count). The van der Waals surface area contributed by atoms with Gasteiger partial charge in [-0.3, -0.25) is 4.72 Å². The van der Waals surface area contributed by atoms with Crippen molar-refractivity contribution in [3.8, 4) is 0 Å². The van der Waals surface area contributed by atoms with Gasteiger partial charge in [0.25, 0.3) is 9.05 Å². The summed E-state index contributed by atoms with van der Waals surface area (Å²) in [4.78, 5) is -0.383. The lowest BCUT2D eigenvalue weighted by Crippen LogP contribution is -2.22. The van der Waals surface area contributed by atoms with Crippen molar-refractivity contribution in [3.05, 3.63) is 23.2 Å². The van der Waals surface area contributed by atoms with E-state index in [0.717, 1.165) is 24.5 Å². The zero-order chi connectivity index (χ0) is 15.8. The van der Waals surface area contributed by atoms with Crippen LogP contribution >= 0.6 is 22.3 Å². The molecule has 0 saturated carbocycles. The molecule has 0 bridgehead atoms. The normalized spacial score (nSPS) is 13.2. The lowest BCUT2D eigenvalue weighted by Gasteiger charge is -2.08. The lowest BCUT2D eigenvalue weighted by atomic mass is 10.3. The van der Waals surface area contributed by atoms with Crippen molar-refractivity contribution in [2.75, 3.05) is 16.1 Å². The van der Waals surface area contributed by atoms with Crippen LogP contribution in [-0.2, 0) is 28.9 Å². The summed E-state index contributed by atoms with van der Waals surface area (Å²) in [5.74, 6) is 0. The number of sulfone groups is 1. The average molecular weight is 382 g/mol. The van der Waals surface area contributed by atoms with Gasteiger partial charge in [0.05, 0.1) is 10.7 Å². The number of hydrogen-bond donors (Lipinski definition) is 1. The Labute approximate surface area is 126 Å². The Balaban J connectivity index is 3.11. The summed E-state index contributed by atoms with van der Waals surface area (Å²) in [6.45, 7) is 0. The third kappa shape index (κ3) is 5.44. The van der Waals surface area contributed by atoms with Crippen LogP contribution in [0.15, 0.2) is 23.1 Å². The zero-order valence-electron chi connectivity index (χ0n) is 9.87. The Hall–Kier alpha value is -0.550. The molecule has 7 nitrogen and oxygen atoms in total. The Kier molecular flexibility index (Phi) is 4.97. The second-order valence-electron chi connectivity index (χ2n) is 3.84. The molecule has 114 valence electrons. The van der Waals surface area contributed by atoms with Gasteiger partial charge < -0.3 is 0 Å². The van der Waals surface area contributed by atoms with Crippen molar-refractivity contribution in [3.63, 3.8) is 0 Å². The molecule has 0 heterocycles. The van der Waals surface area contributed by atoms with Crippen molar-refractivity contribution in [2.24, 2.45) is 0 Å². The van der Waals surface area contributed by atoms with E-state index >= 15 is 0 Å². The van der Waals surface area contributed by atoms with Crippen LogP contribution < -0.4 is 4.72 Å². The molecule has 0 aliphatic rings. The van der Waals surface area contributed by atoms with Gasteiger partial charge in [-0.15, -0.1) is 0 Å². The minimum Gasteiger partial charge on any atom is -0.283 e. The van der Waals surface area contributed by atoms with Crippen LogP contribution in [-0.4, -0.2) is 36.6 Å². The van der Waals surface area contributed by atoms with Gasteiger partial charge >= 0.3 is 0 Å². The first-order valence-corrected chi connectivity index (χ1v) is 11.1. The van der Waals surface area contributed by atoms with Crippen LogP contribution in [0.5, 0.6) is 0 Å². The van der Waals surface area contributed by atoms with Crippen LogP contribution in [0.1, 0.15) is 0 Å². The number of nitrogens with one attached hydrogen (secondary N) is 1. The van der Waals surface area contributed by atoms with Gasteiger partial charge in [0, 0.05) is 16.9 Å². The van der Waals surface area contributed by atoms with E-state index in [1.165, 1.54) is 0 Å². The predicted octanol–water partition coefficient (Wildman–Crippen LogP) is 1.01. The molecule has 0 atom stereocenters. The summed E-state index contributed by atoms with van der Waals surface area (Å²) in [5.41, 5.74) is -0.0808. The molecular weight excluding hydrogens is 373 g/mol. The SMILES string of the molecule is CS(=O)(=O)CS(=O)(=O)Nc1ccc(S(=O)(=O)Cl)c(Cl)c1. The molecule has 0 radical (unpaired) electrons. The van der Waals surface area contributed by atoms with E-state index < -0.39 is 34.0 Å². The quantitative estimate of drug-likeness (QED) is 0.761. The summed E-state index contributed by atoms with van der Waals surface area (Å²) < 4.78 is 69.1. The van der Waals surface area contributed by atoms with Crippen LogP contribution in [0.2, 0.25) is 5.02 Å². The second-order valence-corrected chi connectivity index (χ2v) is 11.0. The van der Waals surface area contributed by atoms with E-state index in [1.807, 2.05) is 4.72 Å². The van der Waals surface area contributed by atoms with Crippen LogP contribution in [0, 0.1) is 0 Å². The fourth-order valence-electron chi connectivity index (χ4n) is 1.25. The monoisotopic (exact) mass is 381 g/mol. The van der Waals surface area contributed by atoms with E-state index in [0.29, 0.717) is 0 Å². The summed E-state index contributed by atoms with van der Waals surface area (Å²) in [6.07, 6.45) is 0.766. The molecule has 0 aromatic heterocycles. The largest absolute Gasteiger partial charge is 0.283 e. The van der Waals surface area contributed by atoms with Crippen molar-refractivity contribution >= 4 is 56.9 Å². The molecule has 20 heavy (non-hydrogen) atoms. The molecule has 1 aromatic rings. The first-order valence-electron chi connectivity index (χ1n) is 4.73. The molecule has 1 aromatic carbocycles. The topological polar surface area (TPSA) is 114 Å². The van der Waals surface area contributed by atoms with Crippen LogP contribution in [0.25, 0.3) is 0 Å². The molecule has 0 saturated heterocycles. The van der Waals surface area contributed by atoms with E-state index in [-0.39, 0.29) is 15.6 Å². The minimum absolute atomic E-state index is 0.0808. The molecule has 12 heteroatoms. The highest BCUT2D eigenvalue weighted by atomic mass is 35.7. The van der Waals surface area contributed by atoms with Gasteiger partial charge in [0.2, 0.25) is 10.0 Å². The van der Waals surface area contributed by atoms with Gasteiger partial charge in [0.15, 0.2) is 14.9 Å². The zero-order valence-corrected chi connectivity index (χ0v) is 13.8. The first-order chi connectivity index (χ1) is 8.80. The summed E-state index contributed by atoms with van der Waals surface area (Å²) >= 11 is 5.66. The van der Waals surface area contributed by atoms with E-state index in [9.17, 15) is 25.3 Å². The summed E-state index contributed by atoms with van der Waals surface area (Å²) in [5, 5.41) is -1.40. The second kappa shape index (κ2) is 5.68. The smallest absolute Gasteiger partial charge is 0.262 e. The number of sulfonamides is 1. The summed E-state index contributed by atoms with van der Waals surface area (Å²) in [7, 11) is -6.83. The number of benzene rings is 1. The van der Waals surface area contributed by atoms with Gasteiger partial charge in [-0.1, -0.05) is 11.6 Å². The third-order valence-corrected chi connectivity index (χ3v) is 7.14. The third-order valence-electron chi connectivity index (χ3n) is 1.84. The van der Waals surface area contributed by atoms with Crippen molar-refractivity contribution < 1.29 is 25.3 Å². The number of rotatable bonds is 5. The van der Waals surface area contributed by atoms with E-state index in [1.54, 1.807) is 0 Å². The molecular formula is C8H9Cl2NO6S3. The molecule has 1 N–H and O–H groups in total. The number of halogens is 2. The maximum absolute atomic E-state index is 11.5. The fourth-order valence-corrected chi connectivity index (χ4v) is 5.76. The Bertz CT molecular complexity index is 829. The van der Waals surface area contributed by atoms with E-state index in [2.05, 4.69) is 0 Å². The highest BCUT2D eigenvalue weighted by Crippen LogP contribution is 2.27. The van der Waals surface area contributed by atoms with Crippen molar-refractivity contribution in [1.29, 1.82) is 0 Å². The molecule has 0 spiro atoms. The summed E-state index contributed by atoms with van der Waals surface area (Å²) in [6, 6.07) is 3.11. The fraction of sp³-hybridized carbons (Fsp3) is 0.250. The number of hydrogen-bond acceptors (Lipinski definition) is 6. The van der Waals surface area contributed by atoms with Gasteiger partial charge in [-0.2, -0.15) is 0 Å². The molecule has 0 unspecified atom stereocenters. The molecule has 0 amide bonds. The Morgan fingerprint density at radius 2 is 1.65 bits per heavy atom. The molecule has 0 aliphatic carbocycles. The maximum Gasteiger partial charge on any atom is 0.262 e. The average Bonchev–Trinajstić information content (AvgIpc) is 2.09. The minimum atomic E-state index is -4.14. The van der Waals surface area contributed by atoms with Crippen LogP contribution in [0.4, 0.5) is 5.69 Å². The van der Waals surface area contributed by atoms with Crippen molar-refractivity contribution in [2.45, 2.75) is 4.90 Å². The Morgan fingerprint density at radius 3 is 2.05 bits per heavy atom. The molecule has 0 fully saturated rings. The lowest BCUT2D eigenvalue weighted by molar-refractivity contribution is 0.594. The van der Waals surface area contributed by atoms with E-state index in [4.69, 9.17) is 22.3 Å². The predicted molar refractivity (Wildman–Crippen MR) is 76.7 cm³/mol. The van der Waals surface area contributed by atoms with Crippen LogP contribution in [0.3, 0.4) is 0 Å². The first kappa shape index (κ1) is 17.5. The van der Waals surface area contributed by atoms with Gasteiger partial charge in [-0.25, -0.2) is 25.3 Å².